The van der Waals surface area contributed by atoms with Crippen molar-refractivity contribution in [2.45, 2.75) is 50.2 Å². The summed E-state index contributed by atoms with van der Waals surface area (Å²) >= 11 is 0. The van der Waals surface area contributed by atoms with Crippen LogP contribution < -0.4 is 11.1 Å². The fourth-order valence-corrected chi connectivity index (χ4v) is 5.30. The molecule has 1 saturated heterocycles. The number of phenols is 1. The van der Waals surface area contributed by atoms with Crippen LogP contribution in [0.15, 0.2) is 84.9 Å². The van der Waals surface area contributed by atoms with E-state index < -0.39 is 24.0 Å². The summed E-state index contributed by atoms with van der Waals surface area (Å²) in [7, 11) is 1.56. The molecule has 4 rings (SSSR count). The van der Waals surface area contributed by atoms with E-state index in [0.717, 1.165) is 16.7 Å². The minimum atomic E-state index is -0.919. The molecule has 3 aromatic rings. The first kappa shape index (κ1) is 30.5. The average Bonchev–Trinajstić information content (AvgIpc) is 3.48. The fraction of sp³-hybridized carbons (Fsp3) is 0.333. The van der Waals surface area contributed by atoms with Crippen LogP contribution in [0.3, 0.4) is 0 Å². The van der Waals surface area contributed by atoms with Gasteiger partial charge >= 0.3 is 0 Å². The Balaban J connectivity index is 1.43. The summed E-state index contributed by atoms with van der Waals surface area (Å²) in [5, 5.41) is 12.4. The molecule has 0 radical (unpaired) electrons. The van der Waals surface area contributed by atoms with E-state index in [2.05, 4.69) is 5.32 Å². The summed E-state index contributed by atoms with van der Waals surface area (Å²) < 4.78 is 0. The Bertz CT molecular complexity index is 1360. The van der Waals surface area contributed by atoms with Gasteiger partial charge in [-0.15, -0.1) is 0 Å². The number of likely N-dealkylation sites (N-methyl/N-ethyl adjacent to an activating group) is 1. The normalized spacial score (nSPS) is 16.0. The predicted molar refractivity (Wildman–Crippen MR) is 159 cm³/mol. The van der Waals surface area contributed by atoms with Gasteiger partial charge in [-0.05, 0) is 48.1 Å². The van der Waals surface area contributed by atoms with Crippen LogP contribution in [-0.4, -0.2) is 76.7 Å². The van der Waals surface area contributed by atoms with Crippen LogP contribution in [0.25, 0.3) is 0 Å². The van der Waals surface area contributed by atoms with E-state index >= 15 is 0 Å². The van der Waals surface area contributed by atoms with Crippen molar-refractivity contribution >= 4 is 23.5 Å². The molecular formula is C33H38N4O5. The Kier molecular flexibility index (Phi) is 10.4. The number of nitrogens with two attached hydrogens (primary N) is 1. The lowest BCUT2D eigenvalue weighted by Gasteiger charge is -2.29. The maximum atomic E-state index is 13.6. The maximum absolute atomic E-state index is 13.6. The molecule has 9 heteroatoms. The zero-order chi connectivity index (χ0) is 30.1. The van der Waals surface area contributed by atoms with Crippen molar-refractivity contribution in [1.29, 1.82) is 0 Å². The number of nitrogens with zero attached hydrogens (tertiary/aromatic N) is 2. The number of ketones is 1. The Hall–Kier alpha value is -4.50. The lowest BCUT2D eigenvalue weighted by atomic mass is 10.0. The average molecular weight is 571 g/mol. The van der Waals surface area contributed by atoms with Gasteiger partial charge in [-0.25, -0.2) is 0 Å². The maximum Gasteiger partial charge on any atom is 0.245 e. The number of phenolic OH excluding ortho intramolecular Hbond substituents is 1. The third kappa shape index (κ3) is 8.27. The van der Waals surface area contributed by atoms with Crippen LogP contribution in [0.1, 0.15) is 29.5 Å². The van der Waals surface area contributed by atoms with Crippen molar-refractivity contribution in [1.82, 2.24) is 15.1 Å². The first-order valence-corrected chi connectivity index (χ1v) is 14.2. The molecule has 42 heavy (non-hydrogen) atoms. The van der Waals surface area contributed by atoms with Crippen LogP contribution in [0.5, 0.6) is 5.75 Å². The molecule has 0 spiro atoms. The number of amides is 3. The first-order valence-electron chi connectivity index (χ1n) is 14.2. The van der Waals surface area contributed by atoms with Crippen molar-refractivity contribution in [3.05, 3.63) is 102 Å². The number of aromatic hydroxyl groups is 1. The largest absolute Gasteiger partial charge is 0.508 e. The lowest BCUT2D eigenvalue weighted by Crippen LogP contribution is -2.56. The number of hydrogen-bond donors (Lipinski definition) is 3. The molecule has 1 heterocycles. The molecular weight excluding hydrogens is 532 g/mol. The van der Waals surface area contributed by atoms with E-state index in [1.807, 2.05) is 60.7 Å². The second kappa shape index (κ2) is 14.4. The van der Waals surface area contributed by atoms with Crippen LogP contribution in [0.4, 0.5) is 0 Å². The molecule has 3 atom stereocenters. The third-order valence-electron chi connectivity index (χ3n) is 7.48. The lowest BCUT2D eigenvalue weighted by molar-refractivity contribution is -0.142. The number of hydrogen-bond acceptors (Lipinski definition) is 6. The van der Waals surface area contributed by atoms with Crippen molar-refractivity contribution in [2.75, 3.05) is 20.1 Å². The predicted octanol–water partition coefficient (Wildman–Crippen LogP) is 2.25. The van der Waals surface area contributed by atoms with Crippen LogP contribution in [-0.2, 0) is 38.4 Å². The summed E-state index contributed by atoms with van der Waals surface area (Å²) in [6, 6.07) is 22.6. The third-order valence-corrected chi connectivity index (χ3v) is 7.48. The summed E-state index contributed by atoms with van der Waals surface area (Å²) in [4.78, 5) is 56.0. The zero-order valence-electron chi connectivity index (χ0n) is 23.8. The number of rotatable bonds is 12. The fourth-order valence-electron chi connectivity index (χ4n) is 5.30. The van der Waals surface area contributed by atoms with Gasteiger partial charge in [-0.3, -0.25) is 19.2 Å². The Morgan fingerprint density at radius 3 is 2.14 bits per heavy atom. The summed E-state index contributed by atoms with van der Waals surface area (Å²) in [5.41, 5.74) is 8.77. The van der Waals surface area contributed by atoms with Gasteiger partial charge in [-0.1, -0.05) is 72.8 Å². The van der Waals surface area contributed by atoms with E-state index in [1.54, 1.807) is 19.2 Å². The molecule has 0 aromatic heterocycles. The molecule has 0 bridgehead atoms. The molecule has 1 fully saturated rings. The number of Topliss-reactive ketones (excluding diaryl/α,β-unsaturated/α-hetero) is 1. The van der Waals surface area contributed by atoms with Gasteiger partial charge < -0.3 is 26.0 Å². The van der Waals surface area contributed by atoms with Crippen LogP contribution in [0, 0.1) is 0 Å². The minimum Gasteiger partial charge on any atom is -0.508 e. The summed E-state index contributed by atoms with van der Waals surface area (Å²) in [6.45, 7) is 0.306. The van der Waals surface area contributed by atoms with Gasteiger partial charge in [0.2, 0.25) is 17.7 Å². The van der Waals surface area contributed by atoms with Gasteiger partial charge in [-0.2, -0.15) is 0 Å². The molecule has 9 nitrogen and oxygen atoms in total. The number of likely N-dealkylation sites (tertiary alicyclic amines) is 1. The zero-order valence-corrected chi connectivity index (χ0v) is 23.8. The van der Waals surface area contributed by atoms with Gasteiger partial charge in [0, 0.05) is 26.4 Å². The summed E-state index contributed by atoms with van der Waals surface area (Å²) in [5.74, 6) is -1.13. The molecule has 4 N–H and O–H groups in total. The summed E-state index contributed by atoms with van der Waals surface area (Å²) in [6.07, 6.45) is 1.81. The molecule has 0 saturated carbocycles. The van der Waals surface area contributed by atoms with E-state index in [1.165, 1.54) is 21.9 Å². The highest BCUT2D eigenvalue weighted by atomic mass is 16.3. The number of nitrogens with one attached hydrogen (secondary N) is 1. The second-order valence-electron chi connectivity index (χ2n) is 10.8. The van der Waals surface area contributed by atoms with Crippen molar-refractivity contribution in [2.24, 2.45) is 5.73 Å². The number of carbonyl (C=O) groups is 4. The molecule has 1 aliphatic heterocycles. The molecule has 3 amide bonds. The smallest absolute Gasteiger partial charge is 0.245 e. The highest BCUT2D eigenvalue weighted by Gasteiger charge is 2.38. The SMILES string of the molecule is CN(CC(=O)Cc1ccccc1)C(=O)[C@H](Cc1ccccc1)NC(=O)[C@@H]1CCCN1C(=O)[C@@H](N)Cc1ccc(O)cc1. The highest BCUT2D eigenvalue weighted by molar-refractivity contribution is 5.95. The molecule has 0 aliphatic carbocycles. The second-order valence-corrected chi connectivity index (χ2v) is 10.8. The first-order chi connectivity index (χ1) is 20.2. The van der Waals surface area contributed by atoms with Crippen LogP contribution in [0.2, 0.25) is 0 Å². The molecule has 0 unspecified atom stereocenters. The van der Waals surface area contributed by atoms with E-state index in [-0.39, 0.29) is 49.2 Å². The van der Waals surface area contributed by atoms with Gasteiger partial charge in [0.05, 0.1) is 12.6 Å². The number of benzene rings is 3. The topological polar surface area (TPSA) is 133 Å². The Labute approximate surface area is 246 Å². The van der Waals surface area contributed by atoms with Crippen molar-refractivity contribution in [3.63, 3.8) is 0 Å². The quantitative estimate of drug-likeness (QED) is 0.306. The van der Waals surface area contributed by atoms with Gasteiger partial charge in [0.25, 0.3) is 0 Å². The molecule has 3 aromatic carbocycles. The monoisotopic (exact) mass is 570 g/mol. The van der Waals surface area contributed by atoms with Crippen molar-refractivity contribution in [3.8, 4) is 5.75 Å². The van der Waals surface area contributed by atoms with Gasteiger partial charge in [0.1, 0.15) is 17.8 Å². The Morgan fingerprint density at radius 2 is 1.50 bits per heavy atom. The highest BCUT2D eigenvalue weighted by Crippen LogP contribution is 2.20. The van der Waals surface area contributed by atoms with E-state index in [4.69, 9.17) is 5.73 Å². The van der Waals surface area contributed by atoms with E-state index in [0.29, 0.717) is 19.4 Å². The standard InChI is InChI=1S/C33H38N4O5/c1-36(22-27(39)19-23-9-4-2-5-10-23)33(42)29(21-24-11-6-3-7-12-24)35-31(40)30-13-8-18-37(30)32(41)28(34)20-25-14-16-26(38)17-15-25/h2-7,9-12,14-17,28-30,38H,8,13,18-22,34H2,1H3,(H,35,40)/t28-,29-,30-/m0/s1. The molecule has 220 valence electrons. The minimum absolute atomic E-state index is 0.0883. The van der Waals surface area contributed by atoms with Gasteiger partial charge in [0.15, 0.2) is 5.78 Å². The van der Waals surface area contributed by atoms with Crippen molar-refractivity contribution < 1.29 is 24.3 Å². The number of carbonyl (C=O) groups excluding carboxylic acids is 4. The Morgan fingerprint density at radius 1 is 0.905 bits per heavy atom. The van der Waals surface area contributed by atoms with Crippen LogP contribution >= 0.6 is 0 Å². The van der Waals surface area contributed by atoms with E-state index in [9.17, 15) is 24.3 Å². The molecule has 1 aliphatic rings.